The fraction of sp³-hybridized carbons (Fsp3) is 0.0667. The number of carbonyl (C=O) groups excluding carboxylic acids is 1. The number of hydrogen-bond donors (Lipinski definition) is 1. The van der Waals surface area contributed by atoms with E-state index in [2.05, 4.69) is 5.32 Å². The second-order valence-corrected chi connectivity index (χ2v) is 4.61. The summed E-state index contributed by atoms with van der Waals surface area (Å²) in [4.78, 5) is 12.0. The van der Waals surface area contributed by atoms with Crippen molar-refractivity contribution in [3.63, 3.8) is 0 Å². The number of nitrogens with one attached hydrogen (secondary N) is 1. The van der Waals surface area contributed by atoms with Gasteiger partial charge < -0.3 is 9.88 Å². The third-order valence-electron chi connectivity index (χ3n) is 2.72. The van der Waals surface area contributed by atoms with Gasteiger partial charge in [0.25, 0.3) is 5.91 Å². The number of nitrogens with zero attached hydrogens (tertiary/aromatic N) is 2. The lowest BCUT2D eigenvalue weighted by atomic mass is 10.2. The Bertz CT molecular complexity index is 710. The predicted octanol–water partition coefficient (Wildman–Crippen LogP) is 3.22. The van der Waals surface area contributed by atoms with E-state index in [1.165, 1.54) is 0 Å². The Kier molecular flexibility index (Phi) is 4.24. The zero-order chi connectivity index (χ0) is 14.5. The Balaban J connectivity index is 2.21. The molecule has 0 aliphatic carbocycles. The van der Waals surface area contributed by atoms with Crippen LogP contribution in [-0.2, 0) is 11.8 Å². The molecule has 0 aliphatic rings. The molecule has 0 spiro atoms. The average Bonchev–Trinajstić information content (AvgIpc) is 2.81. The Morgan fingerprint density at radius 2 is 2.20 bits per heavy atom. The van der Waals surface area contributed by atoms with E-state index >= 15 is 0 Å². The number of nitriles is 1. The van der Waals surface area contributed by atoms with Gasteiger partial charge in [-0.2, -0.15) is 5.26 Å². The summed E-state index contributed by atoms with van der Waals surface area (Å²) in [5, 5.41) is 12.3. The van der Waals surface area contributed by atoms with Gasteiger partial charge in [-0.05, 0) is 36.4 Å². The molecule has 0 bridgehead atoms. The lowest BCUT2D eigenvalue weighted by Gasteiger charge is -2.04. The highest BCUT2D eigenvalue weighted by Gasteiger charge is 2.10. The first-order chi connectivity index (χ1) is 9.60. The summed E-state index contributed by atoms with van der Waals surface area (Å²) in [5.41, 5.74) is 1.37. The number of halogens is 1. The maximum Gasteiger partial charge on any atom is 0.266 e. The van der Waals surface area contributed by atoms with E-state index < -0.39 is 5.91 Å². The van der Waals surface area contributed by atoms with Gasteiger partial charge in [0.2, 0.25) is 0 Å². The zero-order valence-electron chi connectivity index (χ0n) is 10.8. The van der Waals surface area contributed by atoms with Crippen molar-refractivity contribution in [1.82, 2.24) is 4.57 Å². The predicted molar refractivity (Wildman–Crippen MR) is 79.1 cm³/mol. The number of amides is 1. The van der Waals surface area contributed by atoms with Crippen LogP contribution in [0.1, 0.15) is 5.69 Å². The summed E-state index contributed by atoms with van der Waals surface area (Å²) in [6.45, 7) is 0. The normalized spacial score (nSPS) is 10.9. The Hall–Kier alpha value is -2.51. The fourth-order valence-corrected chi connectivity index (χ4v) is 1.88. The van der Waals surface area contributed by atoms with E-state index in [-0.39, 0.29) is 5.57 Å². The minimum atomic E-state index is -0.462. The number of aromatic nitrogens is 1. The molecule has 0 atom stereocenters. The highest BCUT2D eigenvalue weighted by Crippen LogP contribution is 2.16. The van der Waals surface area contributed by atoms with E-state index in [1.807, 2.05) is 36.0 Å². The van der Waals surface area contributed by atoms with Crippen LogP contribution in [0, 0.1) is 11.3 Å². The SMILES string of the molecule is Cn1cccc1/C=C(/C#N)C(=O)Nc1cccc(Cl)c1. The molecule has 1 amide bonds. The van der Waals surface area contributed by atoms with Crippen molar-refractivity contribution >= 4 is 29.3 Å². The molecular formula is C15H12ClN3O. The summed E-state index contributed by atoms with van der Waals surface area (Å²) in [7, 11) is 1.84. The van der Waals surface area contributed by atoms with Crippen LogP contribution in [-0.4, -0.2) is 10.5 Å². The van der Waals surface area contributed by atoms with Gasteiger partial charge in [0, 0.05) is 29.6 Å². The molecule has 0 saturated heterocycles. The summed E-state index contributed by atoms with van der Waals surface area (Å²) < 4.78 is 1.82. The molecule has 100 valence electrons. The maximum atomic E-state index is 12.0. The van der Waals surface area contributed by atoms with Crippen molar-refractivity contribution in [3.05, 3.63) is 58.9 Å². The molecule has 4 nitrogen and oxygen atoms in total. The van der Waals surface area contributed by atoms with Crippen LogP contribution in [0.2, 0.25) is 5.02 Å². The van der Waals surface area contributed by atoms with Crippen LogP contribution in [0.5, 0.6) is 0 Å². The standard InChI is InChI=1S/C15H12ClN3O/c1-19-7-3-6-14(19)8-11(10-17)15(20)18-13-5-2-4-12(16)9-13/h2-9H,1H3,(H,18,20)/b11-8-. The van der Waals surface area contributed by atoms with Crippen molar-refractivity contribution in [2.75, 3.05) is 5.32 Å². The van der Waals surface area contributed by atoms with E-state index in [0.717, 1.165) is 5.69 Å². The van der Waals surface area contributed by atoms with Gasteiger partial charge in [0.15, 0.2) is 0 Å². The molecule has 1 heterocycles. The zero-order valence-corrected chi connectivity index (χ0v) is 11.6. The van der Waals surface area contributed by atoms with Crippen LogP contribution in [0.25, 0.3) is 6.08 Å². The highest BCUT2D eigenvalue weighted by molar-refractivity contribution is 6.31. The third-order valence-corrected chi connectivity index (χ3v) is 2.96. The number of carbonyl (C=O) groups is 1. The van der Waals surface area contributed by atoms with E-state index in [9.17, 15) is 4.79 Å². The monoisotopic (exact) mass is 285 g/mol. The van der Waals surface area contributed by atoms with Gasteiger partial charge in [0.1, 0.15) is 11.6 Å². The molecule has 1 N–H and O–H groups in total. The van der Waals surface area contributed by atoms with Crippen LogP contribution in [0.15, 0.2) is 48.2 Å². The van der Waals surface area contributed by atoms with E-state index in [0.29, 0.717) is 10.7 Å². The first kappa shape index (κ1) is 13.9. The molecule has 0 unspecified atom stereocenters. The first-order valence-corrected chi connectivity index (χ1v) is 6.28. The average molecular weight is 286 g/mol. The van der Waals surface area contributed by atoms with Crippen LogP contribution in [0.4, 0.5) is 5.69 Å². The summed E-state index contributed by atoms with van der Waals surface area (Å²) in [6, 6.07) is 12.3. The maximum absolute atomic E-state index is 12.0. The summed E-state index contributed by atoms with van der Waals surface area (Å²) in [5.74, 6) is -0.462. The molecule has 0 saturated carbocycles. The van der Waals surface area contributed by atoms with Crippen molar-refractivity contribution in [3.8, 4) is 6.07 Å². The second kappa shape index (κ2) is 6.09. The van der Waals surface area contributed by atoms with Crippen LogP contribution >= 0.6 is 11.6 Å². The first-order valence-electron chi connectivity index (χ1n) is 5.90. The topological polar surface area (TPSA) is 57.8 Å². The fourth-order valence-electron chi connectivity index (χ4n) is 1.69. The number of hydrogen-bond acceptors (Lipinski definition) is 2. The van der Waals surface area contributed by atoms with Gasteiger partial charge in [-0.3, -0.25) is 4.79 Å². The molecule has 1 aromatic heterocycles. The lowest BCUT2D eigenvalue weighted by Crippen LogP contribution is -2.13. The van der Waals surface area contributed by atoms with Gasteiger partial charge in [-0.15, -0.1) is 0 Å². The van der Waals surface area contributed by atoms with E-state index in [1.54, 1.807) is 30.3 Å². The van der Waals surface area contributed by atoms with Crippen LogP contribution in [0.3, 0.4) is 0 Å². The number of anilines is 1. The Labute approximate surface area is 121 Å². The summed E-state index contributed by atoms with van der Waals surface area (Å²) in [6.07, 6.45) is 3.38. The minimum Gasteiger partial charge on any atom is -0.351 e. The molecule has 0 aliphatic heterocycles. The molecule has 0 radical (unpaired) electrons. The Morgan fingerprint density at radius 1 is 1.40 bits per heavy atom. The third kappa shape index (κ3) is 3.28. The quantitative estimate of drug-likeness (QED) is 0.695. The second-order valence-electron chi connectivity index (χ2n) is 4.18. The number of aryl methyl sites for hydroxylation is 1. The molecule has 20 heavy (non-hydrogen) atoms. The van der Waals surface area contributed by atoms with Gasteiger partial charge in [-0.1, -0.05) is 17.7 Å². The minimum absolute atomic E-state index is 0.0341. The number of rotatable bonds is 3. The largest absolute Gasteiger partial charge is 0.351 e. The van der Waals surface area contributed by atoms with Crippen molar-refractivity contribution in [1.29, 1.82) is 5.26 Å². The van der Waals surface area contributed by atoms with Crippen LogP contribution < -0.4 is 5.32 Å². The molecule has 1 aromatic carbocycles. The smallest absolute Gasteiger partial charge is 0.266 e. The molecule has 2 aromatic rings. The van der Waals surface area contributed by atoms with Crippen molar-refractivity contribution in [2.24, 2.45) is 7.05 Å². The van der Waals surface area contributed by atoms with Crippen molar-refractivity contribution in [2.45, 2.75) is 0 Å². The summed E-state index contributed by atoms with van der Waals surface area (Å²) >= 11 is 5.84. The van der Waals surface area contributed by atoms with Gasteiger partial charge in [0.05, 0.1) is 0 Å². The van der Waals surface area contributed by atoms with Gasteiger partial charge >= 0.3 is 0 Å². The van der Waals surface area contributed by atoms with Crippen molar-refractivity contribution < 1.29 is 4.79 Å². The van der Waals surface area contributed by atoms with E-state index in [4.69, 9.17) is 16.9 Å². The lowest BCUT2D eigenvalue weighted by molar-refractivity contribution is -0.112. The molecule has 2 rings (SSSR count). The van der Waals surface area contributed by atoms with Gasteiger partial charge in [-0.25, -0.2) is 0 Å². The number of benzene rings is 1. The molecule has 0 fully saturated rings. The Morgan fingerprint density at radius 3 is 2.80 bits per heavy atom. The highest BCUT2D eigenvalue weighted by atomic mass is 35.5. The molecule has 5 heteroatoms. The molecular weight excluding hydrogens is 274 g/mol.